The third-order valence-corrected chi connectivity index (χ3v) is 1.01. The molecule has 0 saturated heterocycles. The summed E-state index contributed by atoms with van der Waals surface area (Å²) in [6, 6.07) is 0. The molecule has 50 valence electrons. The molecule has 0 saturated carbocycles. The number of rotatable bonds is 4. The van der Waals surface area contributed by atoms with E-state index in [9.17, 15) is 0 Å². The first-order valence-corrected chi connectivity index (χ1v) is 3.58. The first-order valence-electron chi connectivity index (χ1n) is 3.07. The van der Waals surface area contributed by atoms with Crippen LogP contribution in [0.3, 0.4) is 0 Å². The Bertz CT molecular complexity index is 45.8. The lowest BCUT2D eigenvalue weighted by molar-refractivity contribution is 0.122. The molecular weight excluding hydrogens is 120 g/mol. The molecule has 1 nitrogen and oxygen atoms in total. The number of thiol groups is 1. The molecule has 0 heterocycles. The van der Waals surface area contributed by atoms with Gasteiger partial charge < -0.3 is 4.74 Å². The first kappa shape index (κ1) is 8.31. The second-order valence-corrected chi connectivity index (χ2v) is 2.55. The van der Waals surface area contributed by atoms with Crippen molar-refractivity contribution in [3.05, 3.63) is 0 Å². The summed E-state index contributed by atoms with van der Waals surface area (Å²) in [5.74, 6) is 0. The van der Waals surface area contributed by atoms with E-state index in [2.05, 4.69) is 19.6 Å². The van der Waals surface area contributed by atoms with Crippen LogP contribution >= 0.6 is 12.6 Å². The fraction of sp³-hybridized carbons (Fsp3) is 1.00. The van der Waals surface area contributed by atoms with Gasteiger partial charge in [-0.15, -0.1) is 12.6 Å². The summed E-state index contributed by atoms with van der Waals surface area (Å²) in [5.41, 5.74) is 0.0987. The van der Waals surface area contributed by atoms with E-state index in [0.717, 1.165) is 13.0 Å². The van der Waals surface area contributed by atoms with E-state index >= 15 is 0 Å². The highest BCUT2D eigenvalue weighted by Crippen LogP contribution is 1.96. The van der Waals surface area contributed by atoms with Crippen LogP contribution in [0.2, 0.25) is 0 Å². The van der Waals surface area contributed by atoms with Crippen LogP contribution in [0.25, 0.3) is 0 Å². The van der Waals surface area contributed by atoms with Crippen LogP contribution in [0.1, 0.15) is 26.7 Å². The first-order chi connectivity index (χ1) is 3.77. The Balaban J connectivity index is 2.72. The zero-order valence-electron chi connectivity index (χ0n) is 5.55. The largest absolute Gasteiger partial charge is 0.368 e. The smallest absolute Gasteiger partial charge is 0.0971 e. The normalized spacial score (nSPS) is 13.9. The van der Waals surface area contributed by atoms with E-state index in [1.54, 1.807) is 0 Å². The molecule has 0 fully saturated rings. The molecule has 0 aromatic carbocycles. The van der Waals surface area contributed by atoms with Gasteiger partial charge in [0.15, 0.2) is 0 Å². The Kier molecular flexibility index (Phi) is 5.66. The van der Waals surface area contributed by atoms with Crippen LogP contribution in [0.4, 0.5) is 0 Å². The predicted molar refractivity (Wildman–Crippen MR) is 39.3 cm³/mol. The van der Waals surface area contributed by atoms with Gasteiger partial charge in [-0.2, -0.15) is 0 Å². The van der Waals surface area contributed by atoms with Gasteiger partial charge in [-0.05, 0) is 13.3 Å². The zero-order valence-corrected chi connectivity index (χ0v) is 6.45. The van der Waals surface area contributed by atoms with Gasteiger partial charge in [0.1, 0.15) is 0 Å². The SMILES string of the molecule is CCCCOC(C)S. The Hall–Kier alpha value is 0.310. The van der Waals surface area contributed by atoms with Gasteiger partial charge in [0.2, 0.25) is 0 Å². The van der Waals surface area contributed by atoms with E-state index in [1.165, 1.54) is 6.42 Å². The zero-order chi connectivity index (χ0) is 6.41. The highest BCUT2D eigenvalue weighted by Gasteiger charge is 1.89. The molecule has 0 aromatic rings. The molecule has 1 unspecified atom stereocenters. The van der Waals surface area contributed by atoms with Gasteiger partial charge in [0.25, 0.3) is 0 Å². The summed E-state index contributed by atoms with van der Waals surface area (Å²) in [7, 11) is 0. The predicted octanol–water partition coefficient (Wildman–Crippen LogP) is 2.08. The maximum absolute atomic E-state index is 5.15. The van der Waals surface area contributed by atoms with Crippen molar-refractivity contribution in [3.8, 4) is 0 Å². The molecular formula is C6H14OS. The third-order valence-electron chi connectivity index (χ3n) is 0.857. The fourth-order valence-corrected chi connectivity index (χ4v) is 0.504. The van der Waals surface area contributed by atoms with Crippen molar-refractivity contribution in [2.45, 2.75) is 32.1 Å². The minimum absolute atomic E-state index is 0.0987. The van der Waals surface area contributed by atoms with Crippen LogP contribution in [0, 0.1) is 0 Å². The average Bonchev–Trinajstić information content (AvgIpc) is 1.66. The van der Waals surface area contributed by atoms with E-state index < -0.39 is 0 Å². The second kappa shape index (κ2) is 5.45. The van der Waals surface area contributed by atoms with Crippen molar-refractivity contribution in [2.75, 3.05) is 6.61 Å². The Morgan fingerprint density at radius 1 is 1.62 bits per heavy atom. The molecule has 0 bridgehead atoms. The summed E-state index contributed by atoms with van der Waals surface area (Å²) >= 11 is 4.05. The lowest BCUT2D eigenvalue weighted by Crippen LogP contribution is -2.00. The van der Waals surface area contributed by atoms with E-state index in [0.29, 0.717) is 0 Å². The quantitative estimate of drug-likeness (QED) is 0.352. The lowest BCUT2D eigenvalue weighted by Gasteiger charge is -2.03. The maximum atomic E-state index is 5.15. The van der Waals surface area contributed by atoms with Gasteiger partial charge in [-0.3, -0.25) is 0 Å². The number of hydrogen-bond acceptors (Lipinski definition) is 2. The molecule has 2 heteroatoms. The van der Waals surface area contributed by atoms with E-state index in [1.807, 2.05) is 6.92 Å². The van der Waals surface area contributed by atoms with Crippen molar-refractivity contribution in [1.82, 2.24) is 0 Å². The fourth-order valence-electron chi connectivity index (χ4n) is 0.398. The lowest BCUT2D eigenvalue weighted by atomic mass is 10.4. The second-order valence-electron chi connectivity index (χ2n) is 1.82. The van der Waals surface area contributed by atoms with Crippen LogP contribution in [0.15, 0.2) is 0 Å². The topological polar surface area (TPSA) is 9.23 Å². The van der Waals surface area contributed by atoms with Crippen molar-refractivity contribution >= 4 is 12.6 Å². The number of ether oxygens (including phenoxy) is 1. The van der Waals surface area contributed by atoms with Gasteiger partial charge in [0.05, 0.1) is 5.44 Å². The maximum Gasteiger partial charge on any atom is 0.0971 e. The van der Waals surface area contributed by atoms with Crippen LogP contribution < -0.4 is 0 Å². The molecule has 0 spiro atoms. The van der Waals surface area contributed by atoms with Crippen molar-refractivity contribution in [2.24, 2.45) is 0 Å². The van der Waals surface area contributed by atoms with Crippen molar-refractivity contribution in [1.29, 1.82) is 0 Å². The molecule has 0 N–H and O–H groups in total. The summed E-state index contributed by atoms with van der Waals surface area (Å²) in [5, 5.41) is 0. The van der Waals surface area contributed by atoms with Crippen molar-refractivity contribution in [3.63, 3.8) is 0 Å². The average molecular weight is 134 g/mol. The molecule has 0 amide bonds. The standard InChI is InChI=1S/C6H14OS/c1-3-4-5-7-6(2)8/h6,8H,3-5H2,1-2H3. The number of hydrogen-bond donors (Lipinski definition) is 1. The Morgan fingerprint density at radius 3 is 2.62 bits per heavy atom. The Morgan fingerprint density at radius 2 is 2.25 bits per heavy atom. The molecule has 1 atom stereocenters. The molecule has 0 aliphatic rings. The van der Waals surface area contributed by atoms with Crippen LogP contribution in [-0.4, -0.2) is 12.0 Å². The molecule has 8 heavy (non-hydrogen) atoms. The van der Waals surface area contributed by atoms with E-state index in [-0.39, 0.29) is 5.44 Å². The van der Waals surface area contributed by atoms with E-state index in [4.69, 9.17) is 4.74 Å². The van der Waals surface area contributed by atoms with Gasteiger partial charge >= 0.3 is 0 Å². The van der Waals surface area contributed by atoms with Crippen LogP contribution in [-0.2, 0) is 4.74 Å². The minimum Gasteiger partial charge on any atom is -0.368 e. The van der Waals surface area contributed by atoms with Gasteiger partial charge in [0, 0.05) is 6.61 Å². The summed E-state index contributed by atoms with van der Waals surface area (Å²) in [4.78, 5) is 0. The highest BCUT2D eigenvalue weighted by molar-refractivity contribution is 7.80. The Labute approximate surface area is 56.8 Å². The van der Waals surface area contributed by atoms with Gasteiger partial charge in [-0.1, -0.05) is 13.3 Å². The molecule has 0 aliphatic carbocycles. The molecule has 0 aliphatic heterocycles. The molecule has 0 rings (SSSR count). The highest BCUT2D eigenvalue weighted by atomic mass is 32.1. The summed E-state index contributed by atoms with van der Waals surface area (Å²) < 4.78 is 5.15. The van der Waals surface area contributed by atoms with Crippen LogP contribution in [0.5, 0.6) is 0 Å². The monoisotopic (exact) mass is 134 g/mol. The minimum atomic E-state index is 0.0987. The molecule has 0 aromatic heterocycles. The summed E-state index contributed by atoms with van der Waals surface area (Å²) in [6.07, 6.45) is 2.34. The molecule has 0 radical (unpaired) electrons. The summed E-state index contributed by atoms with van der Waals surface area (Å²) in [6.45, 7) is 4.92. The van der Waals surface area contributed by atoms with Crippen molar-refractivity contribution < 1.29 is 4.74 Å². The van der Waals surface area contributed by atoms with Gasteiger partial charge in [-0.25, -0.2) is 0 Å². The third kappa shape index (κ3) is 6.31. The number of unbranched alkanes of at least 4 members (excludes halogenated alkanes) is 1.